The Morgan fingerprint density at radius 2 is 2.05 bits per heavy atom. The molecule has 1 aromatic carbocycles. The third-order valence-corrected chi connectivity index (χ3v) is 3.61. The lowest BCUT2D eigenvalue weighted by atomic mass is 10.1. The molecule has 1 amide bonds. The average molecular weight is 301 g/mol. The van der Waals surface area contributed by atoms with E-state index in [2.05, 4.69) is 15.3 Å². The van der Waals surface area contributed by atoms with Crippen LogP contribution in [-0.2, 0) is 4.79 Å². The lowest BCUT2D eigenvalue weighted by Crippen LogP contribution is -2.18. The second-order valence-electron chi connectivity index (χ2n) is 5.12. The molecule has 5 heteroatoms. The van der Waals surface area contributed by atoms with E-state index in [0.29, 0.717) is 0 Å². The molecule has 21 heavy (non-hydrogen) atoms. The zero-order valence-corrected chi connectivity index (χ0v) is 13.5. The summed E-state index contributed by atoms with van der Waals surface area (Å²) in [5.41, 5.74) is 3.64. The number of hydrogen-bond acceptors (Lipinski definition) is 4. The number of nitrogens with one attached hydrogen (secondary N) is 1. The highest BCUT2D eigenvalue weighted by molar-refractivity contribution is 7.98. The van der Waals surface area contributed by atoms with Gasteiger partial charge in [-0.3, -0.25) is 4.79 Å². The number of amides is 1. The Morgan fingerprint density at radius 3 is 2.71 bits per heavy atom. The molecule has 0 aliphatic heterocycles. The molecule has 0 saturated carbocycles. The van der Waals surface area contributed by atoms with Crippen molar-refractivity contribution in [2.45, 2.75) is 25.9 Å². The number of thioether (sulfide) groups is 1. The maximum Gasteiger partial charge on any atom is 0.226 e. The standard InChI is InChI=1S/C16H19N3OS/c1-10(2)15(20)18-13-6-5-11(3)9-12(13)14-7-8-17-16(19-14)21-4/h5-10H,1-4H3,(H,18,20). The molecule has 0 atom stereocenters. The molecule has 0 spiro atoms. The molecule has 0 aliphatic rings. The van der Waals surface area contributed by atoms with E-state index in [1.165, 1.54) is 11.8 Å². The summed E-state index contributed by atoms with van der Waals surface area (Å²) in [5.74, 6) is -0.0643. The molecule has 0 aliphatic carbocycles. The monoisotopic (exact) mass is 301 g/mol. The van der Waals surface area contributed by atoms with Gasteiger partial charge in [0.1, 0.15) is 0 Å². The molecule has 1 aromatic heterocycles. The maximum atomic E-state index is 12.0. The van der Waals surface area contributed by atoms with E-state index < -0.39 is 0 Å². The van der Waals surface area contributed by atoms with Crippen molar-refractivity contribution in [3.8, 4) is 11.3 Å². The molecule has 0 saturated heterocycles. The summed E-state index contributed by atoms with van der Waals surface area (Å²) >= 11 is 1.50. The maximum absolute atomic E-state index is 12.0. The largest absolute Gasteiger partial charge is 0.325 e. The van der Waals surface area contributed by atoms with Gasteiger partial charge in [0.05, 0.1) is 11.4 Å². The van der Waals surface area contributed by atoms with Gasteiger partial charge in [-0.05, 0) is 31.4 Å². The van der Waals surface area contributed by atoms with Crippen molar-refractivity contribution in [3.63, 3.8) is 0 Å². The zero-order chi connectivity index (χ0) is 15.4. The predicted octanol–water partition coefficient (Wildman–Crippen LogP) is 3.77. The molecule has 0 fully saturated rings. The summed E-state index contributed by atoms with van der Waals surface area (Å²) in [4.78, 5) is 20.7. The van der Waals surface area contributed by atoms with Crippen molar-refractivity contribution in [2.24, 2.45) is 5.92 Å². The number of rotatable bonds is 4. The van der Waals surface area contributed by atoms with Gasteiger partial charge in [0, 0.05) is 17.7 Å². The zero-order valence-electron chi connectivity index (χ0n) is 12.7. The van der Waals surface area contributed by atoms with Crippen LogP contribution in [0.1, 0.15) is 19.4 Å². The number of anilines is 1. The Bertz CT molecular complexity index is 656. The van der Waals surface area contributed by atoms with Crippen LogP contribution in [0.15, 0.2) is 35.6 Å². The van der Waals surface area contributed by atoms with Gasteiger partial charge in [-0.25, -0.2) is 9.97 Å². The molecule has 4 nitrogen and oxygen atoms in total. The Morgan fingerprint density at radius 1 is 1.29 bits per heavy atom. The van der Waals surface area contributed by atoms with Crippen LogP contribution < -0.4 is 5.32 Å². The van der Waals surface area contributed by atoms with Gasteiger partial charge < -0.3 is 5.32 Å². The summed E-state index contributed by atoms with van der Waals surface area (Å²) < 4.78 is 0. The van der Waals surface area contributed by atoms with E-state index in [1.807, 2.05) is 51.3 Å². The summed E-state index contributed by atoms with van der Waals surface area (Å²) in [5, 5.41) is 3.68. The number of nitrogens with zero attached hydrogens (tertiary/aromatic N) is 2. The summed E-state index contributed by atoms with van der Waals surface area (Å²) in [7, 11) is 0. The Balaban J connectivity index is 2.45. The number of benzene rings is 1. The van der Waals surface area contributed by atoms with Crippen LogP contribution in [-0.4, -0.2) is 22.1 Å². The van der Waals surface area contributed by atoms with Crippen molar-refractivity contribution < 1.29 is 4.79 Å². The smallest absolute Gasteiger partial charge is 0.226 e. The number of carbonyl (C=O) groups excluding carboxylic acids is 1. The highest BCUT2D eigenvalue weighted by Gasteiger charge is 2.13. The highest BCUT2D eigenvalue weighted by atomic mass is 32.2. The first-order valence-electron chi connectivity index (χ1n) is 6.80. The minimum Gasteiger partial charge on any atom is -0.325 e. The van der Waals surface area contributed by atoms with E-state index in [1.54, 1.807) is 6.20 Å². The average Bonchev–Trinajstić information content (AvgIpc) is 2.49. The summed E-state index contributed by atoms with van der Waals surface area (Å²) in [6, 6.07) is 7.80. The van der Waals surface area contributed by atoms with E-state index in [4.69, 9.17) is 0 Å². The number of carbonyl (C=O) groups is 1. The lowest BCUT2D eigenvalue weighted by molar-refractivity contribution is -0.118. The second-order valence-corrected chi connectivity index (χ2v) is 5.89. The minimum atomic E-state index is -0.0636. The molecular formula is C16H19N3OS. The first-order valence-corrected chi connectivity index (χ1v) is 8.02. The molecule has 1 heterocycles. The van der Waals surface area contributed by atoms with Gasteiger partial charge >= 0.3 is 0 Å². The highest BCUT2D eigenvalue weighted by Crippen LogP contribution is 2.28. The van der Waals surface area contributed by atoms with Crippen LogP contribution >= 0.6 is 11.8 Å². The summed E-state index contributed by atoms with van der Waals surface area (Å²) in [6.07, 6.45) is 3.68. The van der Waals surface area contributed by atoms with E-state index in [9.17, 15) is 4.79 Å². The van der Waals surface area contributed by atoms with Crippen LogP contribution in [0.4, 0.5) is 5.69 Å². The number of aryl methyl sites for hydroxylation is 1. The van der Waals surface area contributed by atoms with Gasteiger partial charge in [0.2, 0.25) is 5.91 Å². The SMILES string of the molecule is CSc1nccc(-c2cc(C)ccc2NC(=O)C(C)C)n1. The molecule has 0 unspecified atom stereocenters. The first kappa shape index (κ1) is 15.5. The Hall–Kier alpha value is -1.88. The van der Waals surface area contributed by atoms with E-state index >= 15 is 0 Å². The van der Waals surface area contributed by atoms with Crippen molar-refractivity contribution in [2.75, 3.05) is 11.6 Å². The van der Waals surface area contributed by atoms with Crippen LogP contribution in [0, 0.1) is 12.8 Å². The normalized spacial score (nSPS) is 10.7. The molecule has 0 radical (unpaired) electrons. The molecule has 0 bridgehead atoms. The second kappa shape index (κ2) is 6.72. The Kier molecular flexibility index (Phi) is 4.96. The quantitative estimate of drug-likeness (QED) is 0.690. The topological polar surface area (TPSA) is 54.9 Å². The van der Waals surface area contributed by atoms with E-state index in [0.717, 1.165) is 27.7 Å². The lowest BCUT2D eigenvalue weighted by Gasteiger charge is -2.13. The Labute approximate surface area is 129 Å². The number of hydrogen-bond donors (Lipinski definition) is 1. The molecule has 2 rings (SSSR count). The van der Waals surface area contributed by atoms with Crippen LogP contribution in [0.3, 0.4) is 0 Å². The third kappa shape index (κ3) is 3.82. The van der Waals surface area contributed by atoms with Crippen LogP contribution in [0.2, 0.25) is 0 Å². The van der Waals surface area contributed by atoms with Crippen molar-refractivity contribution in [1.82, 2.24) is 9.97 Å². The molecular weight excluding hydrogens is 282 g/mol. The molecule has 1 N–H and O–H groups in total. The number of aromatic nitrogens is 2. The van der Waals surface area contributed by atoms with Crippen molar-refractivity contribution >= 4 is 23.4 Å². The first-order chi connectivity index (χ1) is 10.0. The van der Waals surface area contributed by atoms with Gasteiger partial charge in [-0.15, -0.1) is 0 Å². The van der Waals surface area contributed by atoms with E-state index in [-0.39, 0.29) is 11.8 Å². The van der Waals surface area contributed by atoms with Crippen LogP contribution in [0.25, 0.3) is 11.3 Å². The van der Waals surface area contributed by atoms with Gasteiger partial charge in [-0.2, -0.15) is 0 Å². The van der Waals surface area contributed by atoms with Crippen molar-refractivity contribution in [1.29, 1.82) is 0 Å². The minimum absolute atomic E-state index is 0.000695. The third-order valence-electron chi connectivity index (χ3n) is 3.05. The van der Waals surface area contributed by atoms with Gasteiger partial charge in [-0.1, -0.05) is 37.2 Å². The van der Waals surface area contributed by atoms with Gasteiger partial charge in [0.25, 0.3) is 0 Å². The fourth-order valence-corrected chi connectivity index (χ4v) is 2.20. The van der Waals surface area contributed by atoms with Crippen LogP contribution in [0.5, 0.6) is 0 Å². The fourth-order valence-electron chi connectivity index (χ4n) is 1.85. The molecule has 2 aromatic rings. The predicted molar refractivity (Wildman–Crippen MR) is 87.5 cm³/mol. The summed E-state index contributed by atoms with van der Waals surface area (Å²) in [6.45, 7) is 5.77. The fraction of sp³-hybridized carbons (Fsp3) is 0.312. The van der Waals surface area contributed by atoms with Gasteiger partial charge in [0.15, 0.2) is 5.16 Å². The van der Waals surface area contributed by atoms with Crippen molar-refractivity contribution in [3.05, 3.63) is 36.0 Å². The molecule has 110 valence electrons.